The molecular weight excluding hydrogens is 797 g/mol. The molecule has 0 fully saturated rings. The predicted molar refractivity (Wildman–Crippen MR) is 274 cm³/mol. The maximum Gasteiger partial charge on any atom is 0.161 e. The standard InChI is InChI=1S/C64H44N2/c1-63(2)55-36-32-43(38-54(55)61-48-25-13-12-18-41(48)31-37-57(61)63)47-34-35-53(50-27-15-14-26-49(47)50)62-65-59(42-19-6-3-7-20-42)40-60(66-62)44-30-33-52-51-28-16-17-29-56(51)64(58(52)39-44,45-21-8-4-9-22-45)46-23-10-5-11-24-46/h3-40H,1-2H3. The summed E-state index contributed by atoms with van der Waals surface area (Å²) in [5, 5.41) is 4.87. The molecular formula is C64H44N2. The van der Waals surface area contributed by atoms with Crippen LogP contribution in [0, 0.1) is 0 Å². The molecule has 0 saturated carbocycles. The van der Waals surface area contributed by atoms with E-state index >= 15 is 0 Å². The Kier molecular flexibility index (Phi) is 8.51. The third-order valence-electron chi connectivity index (χ3n) is 14.6. The second kappa shape index (κ2) is 14.7. The molecule has 0 amide bonds. The van der Waals surface area contributed by atoms with Crippen molar-refractivity contribution in [3.63, 3.8) is 0 Å². The van der Waals surface area contributed by atoms with Gasteiger partial charge in [0.15, 0.2) is 5.82 Å². The summed E-state index contributed by atoms with van der Waals surface area (Å²) in [5.74, 6) is 0.700. The molecule has 2 aliphatic carbocycles. The molecule has 0 aliphatic heterocycles. The van der Waals surface area contributed by atoms with E-state index in [0.29, 0.717) is 5.82 Å². The highest BCUT2D eigenvalue weighted by molar-refractivity contribution is 6.07. The van der Waals surface area contributed by atoms with E-state index < -0.39 is 5.41 Å². The van der Waals surface area contributed by atoms with Gasteiger partial charge >= 0.3 is 0 Å². The molecule has 66 heavy (non-hydrogen) atoms. The molecule has 1 heterocycles. The van der Waals surface area contributed by atoms with Gasteiger partial charge in [0.05, 0.1) is 16.8 Å². The molecule has 0 radical (unpaired) electrons. The van der Waals surface area contributed by atoms with Crippen LogP contribution in [0.2, 0.25) is 0 Å². The van der Waals surface area contributed by atoms with Crippen LogP contribution in [-0.2, 0) is 10.8 Å². The number of aromatic nitrogens is 2. The molecule has 10 aromatic carbocycles. The lowest BCUT2D eigenvalue weighted by Crippen LogP contribution is -2.28. The average Bonchev–Trinajstić information content (AvgIpc) is 3.81. The van der Waals surface area contributed by atoms with Crippen LogP contribution in [0.5, 0.6) is 0 Å². The van der Waals surface area contributed by atoms with E-state index in [-0.39, 0.29) is 5.41 Å². The first-order valence-corrected chi connectivity index (χ1v) is 23.0. The quantitative estimate of drug-likeness (QED) is 0.167. The number of hydrogen-bond donors (Lipinski definition) is 0. The van der Waals surface area contributed by atoms with E-state index in [1.165, 1.54) is 82.9 Å². The molecule has 0 unspecified atom stereocenters. The largest absolute Gasteiger partial charge is 0.228 e. The molecule has 1 aromatic heterocycles. The molecule has 0 bridgehead atoms. The van der Waals surface area contributed by atoms with Crippen LogP contribution < -0.4 is 0 Å². The van der Waals surface area contributed by atoms with Crippen LogP contribution in [0.3, 0.4) is 0 Å². The maximum absolute atomic E-state index is 5.53. The number of fused-ring (bicyclic) bond motifs is 9. The van der Waals surface area contributed by atoms with Crippen molar-refractivity contribution in [1.82, 2.24) is 9.97 Å². The SMILES string of the molecule is CC1(C)c2ccc(-c3ccc(-c4nc(-c5ccccc5)cc(-c5ccc6c(c5)C(c5ccccc5)(c5ccccc5)c5ccccc5-6)n4)c4ccccc34)cc2-c2c1ccc1ccccc21. The van der Waals surface area contributed by atoms with Gasteiger partial charge in [-0.3, -0.25) is 0 Å². The van der Waals surface area contributed by atoms with Crippen molar-refractivity contribution in [2.24, 2.45) is 0 Å². The van der Waals surface area contributed by atoms with Crippen LogP contribution in [-0.4, -0.2) is 9.97 Å². The molecule has 2 aliphatic rings. The second-order valence-corrected chi connectivity index (χ2v) is 18.4. The lowest BCUT2D eigenvalue weighted by atomic mass is 9.67. The Morgan fingerprint density at radius 2 is 0.864 bits per heavy atom. The topological polar surface area (TPSA) is 25.8 Å². The Hall–Kier alpha value is -8.20. The van der Waals surface area contributed by atoms with Crippen LogP contribution in [0.1, 0.15) is 47.2 Å². The fraction of sp³-hybridized carbons (Fsp3) is 0.0625. The zero-order valence-corrected chi connectivity index (χ0v) is 36.8. The first-order chi connectivity index (χ1) is 32.5. The summed E-state index contributed by atoms with van der Waals surface area (Å²) in [6.07, 6.45) is 0. The number of nitrogens with zero attached hydrogens (tertiary/aromatic N) is 2. The van der Waals surface area contributed by atoms with Gasteiger partial charge in [-0.15, -0.1) is 0 Å². The number of benzene rings is 10. The molecule has 0 saturated heterocycles. The zero-order chi connectivity index (χ0) is 44.0. The Balaban J connectivity index is 0.997. The van der Waals surface area contributed by atoms with E-state index in [1.54, 1.807) is 0 Å². The van der Waals surface area contributed by atoms with Crippen molar-refractivity contribution in [1.29, 1.82) is 0 Å². The van der Waals surface area contributed by atoms with Crippen LogP contribution in [0.4, 0.5) is 0 Å². The minimum atomic E-state index is -0.517. The first kappa shape index (κ1) is 38.3. The van der Waals surface area contributed by atoms with Crippen molar-refractivity contribution in [2.45, 2.75) is 24.7 Å². The van der Waals surface area contributed by atoms with Crippen molar-refractivity contribution >= 4 is 21.5 Å². The molecule has 0 atom stereocenters. The molecule has 2 nitrogen and oxygen atoms in total. The Morgan fingerprint density at radius 1 is 0.318 bits per heavy atom. The van der Waals surface area contributed by atoms with Crippen molar-refractivity contribution in [3.8, 4) is 67.3 Å². The summed E-state index contributed by atoms with van der Waals surface area (Å²) < 4.78 is 0. The molecule has 13 rings (SSSR count). The summed E-state index contributed by atoms with van der Waals surface area (Å²) in [7, 11) is 0. The van der Waals surface area contributed by atoms with E-state index in [1.807, 2.05) is 0 Å². The van der Waals surface area contributed by atoms with Crippen LogP contribution in [0.15, 0.2) is 231 Å². The average molecular weight is 841 g/mol. The van der Waals surface area contributed by atoms with Gasteiger partial charge in [0.2, 0.25) is 0 Å². The highest BCUT2D eigenvalue weighted by Crippen LogP contribution is 2.57. The van der Waals surface area contributed by atoms with Gasteiger partial charge in [-0.2, -0.15) is 0 Å². The number of hydrogen-bond acceptors (Lipinski definition) is 2. The molecule has 0 N–H and O–H groups in total. The van der Waals surface area contributed by atoms with Gasteiger partial charge in [-0.05, 0) is 113 Å². The monoisotopic (exact) mass is 840 g/mol. The van der Waals surface area contributed by atoms with Crippen molar-refractivity contribution in [2.75, 3.05) is 0 Å². The molecule has 2 heteroatoms. The van der Waals surface area contributed by atoms with Gasteiger partial charge in [0, 0.05) is 22.1 Å². The summed E-state index contributed by atoms with van der Waals surface area (Å²) >= 11 is 0. The summed E-state index contributed by atoms with van der Waals surface area (Å²) in [6.45, 7) is 4.72. The van der Waals surface area contributed by atoms with E-state index in [4.69, 9.17) is 9.97 Å². The highest BCUT2D eigenvalue weighted by Gasteiger charge is 2.46. The maximum atomic E-state index is 5.53. The normalized spacial score (nSPS) is 13.8. The van der Waals surface area contributed by atoms with Gasteiger partial charge in [-0.1, -0.05) is 220 Å². The van der Waals surface area contributed by atoms with Gasteiger partial charge in [0.1, 0.15) is 0 Å². The van der Waals surface area contributed by atoms with Gasteiger partial charge in [0.25, 0.3) is 0 Å². The molecule has 0 spiro atoms. The highest BCUT2D eigenvalue weighted by atomic mass is 14.9. The molecule has 310 valence electrons. The van der Waals surface area contributed by atoms with Crippen molar-refractivity contribution < 1.29 is 0 Å². The Bertz CT molecular complexity index is 3680. The first-order valence-electron chi connectivity index (χ1n) is 23.0. The minimum absolute atomic E-state index is 0.0919. The van der Waals surface area contributed by atoms with Crippen LogP contribution in [0.25, 0.3) is 88.8 Å². The lowest BCUT2D eigenvalue weighted by Gasteiger charge is -2.34. The Morgan fingerprint density at radius 3 is 1.61 bits per heavy atom. The van der Waals surface area contributed by atoms with Crippen molar-refractivity contribution in [3.05, 3.63) is 264 Å². The third-order valence-corrected chi connectivity index (χ3v) is 14.6. The summed E-state index contributed by atoms with van der Waals surface area (Å²) in [5.41, 5.74) is 19.6. The smallest absolute Gasteiger partial charge is 0.161 e. The Labute approximate surface area is 385 Å². The van der Waals surface area contributed by atoms with E-state index in [9.17, 15) is 0 Å². The zero-order valence-electron chi connectivity index (χ0n) is 36.8. The third kappa shape index (κ3) is 5.61. The summed E-state index contributed by atoms with van der Waals surface area (Å²) in [4.78, 5) is 10.9. The fourth-order valence-corrected chi connectivity index (χ4v) is 11.5. The van der Waals surface area contributed by atoms with E-state index in [0.717, 1.165) is 33.5 Å². The summed E-state index contributed by atoms with van der Waals surface area (Å²) in [6, 6.07) is 84.3. The van der Waals surface area contributed by atoms with Crippen LogP contribution >= 0.6 is 0 Å². The van der Waals surface area contributed by atoms with E-state index in [2.05, 4.69) is 244 Å². The van der Waals surface area contributed by atoms with Gasteiger partial charge < -0.3 is 0 Å². The number of rotatable bonds is 6. The fourth-order valence-electron chi connectivity index (χ4n) is 11.5. The minimum Gasteiger partial charge on any atom is -0.228 e. The predicted octanol–water partition coefficient (Wildman–Crippen LogP) is 16.1. The molecule has 11 aromatic rings. The second-order valence-electron chi connectivity index (χ2n) is 18.4. The lowest BCUT2D eigenvalue weighted by molar-refractivity contribution is 0.661. The van der Waals surface area contributed by atoms with Gasteiger partial charge in [-0.25, -0.2) is 9.97 Å².